The summed E-state index contributed by atoms with van der Waals surface area (Å²) in [6, 6.07) is 0.00264. The highest BCUT2D eigenvalue weighted by Gasteiger charge is 2.25. The molecule has 0 radical (unpaired) electrons. The van der Waals surface area contributed by atoms with Crippen molar-refractivity contribution >= 4 is 11.8 Å². The second kappa shape index (κ2) is 6.73. The number of likely N-dealkylation sites (N-methyl/N-ethyl adjacent to an activating group) is 1. The van der Waals surface area contributed by atoms with Gasteiger partial charge in [0.05, 0.1) is 6.04 Å². The molecule has 1 aliphatic heterocycles. The van der Waals surface area contributed by atoms with E-state index in [1.165, 1.54) is 0 Å². The Hall–Kier alpha value is -1.10. The van der Waals surface area contributed by atoms with Crippen LogP contribution in [-0.4, -0.2) is 48.9 Å². The van der Waals surface area contributed by atoms with Gasteiger partial charge in [0.25, 0.3) is 0 Å². The molecule has 0 aliphatic carbocycles. The summed E-state index contributed by atoms with van der Waals surface area (Å²) in [5, 5.41) is 6.20. The maximum absolute atomic E-state index is 11.8. The Kier molecular flexibility index (Phi) is 5.59. The average Bonchev–Trinajstić information content (AvgIpc) is 2.30. The summed E-state index contributed by atoms with van der Waals surface area (Å²) in [5.41, 5.74) is 0. The Morgan fingerprint density at radius 1 is 1.44 bits per heavy atom. The number of amides is 2. The van der Waals surface area contributed by atoms with Gasteiger partial charge in [-0.1, -0.05) is 13.8 Å². The summed E-state index contributed by atoms with van der Waals surface area (Å²) in [6.45, 7) is 7.39. The molecule has 5 heteroatoms. The fraction of sp³-hybridized carbons (Fsp3) is 0.846. The minimum absolute atomic E-state index is 0.0308. The summed E-state index contributed by atoms with van der Waals surface area (Å²) < 4.78 is 0. The predicted octanol–water partition coefficient (Wildman–Crippen LogP) is 0.358. The molecular weight excluding hydrogens is 230 g/mol. The molecule has 0 spiro atoms. The van der Waals surface area contributed by atoms with Crippen LogP contribution >= 0.6 is 0 Å². The third kappa shape index (κ3) is 4.64. The maximum Gasteiger partial charge on any atom is 0.236 e. The first-order chi connectivity index (χ1) is 8.40. The Morgan fingerprint density at radius 2 is 2.11 bits per heavy atom. The van der Waals surface area contributed by atoms with Crippen LogP contribution in [0.2, 0.25) is 0 Å². The Balaban J connectivity index is 2.33. The van der Waals surface area contributed by atoms with E-state index in [9.17, 15) is 9.59 Å². The Morgan fingerprint density at radius 3 is 2.67 bits per heavy atom. The summed E-state index contributed by atoms with van der Waals surface area (Å²) in [6.07, 6.45) is 1.37. The third-order valence-electron chi connectivity index (χ3n) is 3.19. The molecule has 2 unspecified atom stereocenters. The van der Waals surface area contributed by atoms with Crippen LogP contribution < -0.4 is 10.6 Å². The highest BCUT2D eigenvalue weighted by Crippen LogP contribution is 2.10. The lowest BCUT2D eigenvalue weighted by Crippen LogP contribution is -2.53. The van der Waals surface area contributed by atoms with E-state index in [1.54, 1.807) is 11.9 Å². The number of carbonyl (C=O) groups is 2. The maximum atomic E-state index is 11.8. The second-order valence-corrected chi connectivity index (χ2v) is 5.54. The van der Waals surface area contributed by atoms with Gasteiger partial charge in [0.1, 0.15) is 0 Å². The van der Waals surface area contributed by atoms with Crippen molar-refractivity contribution in [1.29, 1.82) is 0 Å². The number of hydrogen-bond acceptors (Lipinski definition) is 3. The van der Waals surface area contributed by atoms with Crippen molar-refractivity contribution in [3.05, 3.63) is 0 Å². The number of rotatable bonds is 5. The molecule has 2 amide bonds. The molecule has 0 aromatic carbocycles. The monoisotopic (exact) mass is 255 g/mol. The van der Waals surface area contributed by atoms with E-state index < -0.39 is 0 Å². The van der Waals surface area contributed by atoms with Gasteiger partial charge in [-0.25, -0.2) is 0 Å². The van der Waals surface area contributed by atoms with Crippen LogP contribution in [0.3, 0.4) is 0 Å². The lowest BCUT2D eigenvalue weighted by molar-refractivity contribution is -0.132. The second-order valence-electron chi connectivity index (χ2n) is 5.54. The van der Waals surface area contributed by atoms with Crippen LogP contribution in [0.1, 0.15) is 33.6 Å². The van der Waals surface area contributed by atoms with Gasteiger partial charge in [0.15, 0.2) is 0 Å². The van der Waals surface area contributed by atoms with Gasteiger partial charge >= 0.3 is 0 Å². The van der Waals surface area contributed by atoms with Gasteiger partial charge in [0.2, 0.25) is 11.8 Å². The number of hydrogen-bond donors (Lipinski definition) is 2. The summed E-state index contributed by atoms with van der Waals surface area (Å²) >= 11 is 0. The molecule has 0 bridgehead atoms. The smallest absolute Gasteiger partial charge is 0.236 e. The summed E-state index contributed by atoms with van der Waals surface area (Å²) in [7, 11) is 1.81. The van der Waals surface area contributed by atoms with Crippen molar-refractivity contribution in [1.82, 2.24) is 15.5 Å². The van der Waals surface area contributed by atoms with Crippen LogP contribution in [0.5, 0.6) is 0 Å². The van der Waals surface area contributed by atoms with Crippen molar-refractivity contribution in [3.8, 4) is 0 Å². The normalized spacial score (nSPS) is 22.2. The zero-order valence-electron chi connectivity index (χ0n) is 11.8. The summed E-state index contributed by atoms with van der Waals surface area (Å²) in [5.74, 6) is 0.674. The highest BCUT2D eigenvalue weighted by atomic mass is 16.2. The zero-order valence-corrected chi connectivity index (χ0v) is 11.8. The van der Waals surface area contributed by atoms with Crippen molar-refractivity contribution < 1.29 is 9.59 Å². The van der Waals surface area contributed by atoms with E-state index in [0.29, 0.717) is 25.4 Å². The van der Waals surface area contributed by atoms with E-state index >= 15 is 0 Å². The number of likely N-dealkylation sites (tertiary alicyclic amines) is 1. The van der Waals surface area contributed by atoms with Gasteiger partial charge in [0, 0.05) is 32.6 Å². The molecule has 2 N–H and O–H groups in total. The first-order valence-corrected chi connectivity index (χ1v) is 6.68. The highest BCUT2D eigenvalue weighted by molar-refractivity contribution is 5.81. The molecule has 1 fully saturated rings. The number of carbonyl (C=O) groups excluding carboxylic acids is 2. The topological polar surface area (TPSA) is 61.4 Å². The van der Waals surface area contributed by atoms with E-state index in [2.05, 4.69) is 24.5 Å². The quantitative estimate of drug-likeness (QED) is 0.745. The van der Waals surface area contributed by atoms with Crippen LogP contribution in [0.15, 0.2) is 0 Å². The van der Waals surface area contributed by atoms with E-state index in [1.807, 2.05) is 6.92 Å². The Bertz CT molecular complexity index is 305. The van der Waals surface area contributed by atoms with Gasteiger partial charge in [-0.15, -0.1) is 0 Å². The van der Waals surface area contributed by atoms with Crippen LogP contribution in [0.4, 0.5) is 0 Å². The lowest BCUT2D eigenvalue weighted by Gasteiger charge is -2.32. The molecule has 2 atom stereocenters. The fourth-order valence-corrected chi connectivity index (χ4v) is 2.04. The van der Waals surface area contributed by atoms with Crippen molar-refractivity contribution in [2.75, 3.05) is 20.1 Å². The minimum Gasteiger partial charge on any atom is -0.354 e. The summed E-state index contributed by atoms with van der Waals surface area (Å²) in [4.78, 5) is 24.9. The fourth-order valence-electron chi connectivity index (χ4n) is 2.04. The van der Waals surface area contributed by atoms with Crippen LogP contribution in [-0.2, 0) is 9.59 Å². The van der Waals surface area contributed by atoms with Gasteiger partial charge in [-0.2, -0.15) is 0 Å². The Labute approximate surface area is 109 Å². The zero-order chi connectivity index (χ0) is 13.7. The van der Waals surface area contributed by atoms with Crippen molar-refractivity contribution in [2.45, 2.75) is 45.7 Å². The molecule has 1 aliphatic rings. The molecule has 104 valence electrons. The largest absolute Gasteiger partial charge is 0.354 e. The van der Waals surface area contributed by atoms with E-state index in [-0.39, 0.29) is 23.9 Å². The number of piperidine rings is 1. The van der Waals surface area contributed by atoms with Gasteiger partial charge in [-0.3, -0.25) is 9.59 Å². The third-order valence-corrected chi connectivity index (χ3v) is 3.19. The van der Waals surface area contributed by atoms with E-state index in [4.69, 9.17) is 0 Å². The molecule has 0 saturated carbocycles. The molecule has 1 heterocycles. The molecule has 0 aromatic heterocycles. The average molecular weight is 255 g/mol. The first kappa shape index (κ1) is 15.0. The van der Waals surface area contributed by atoms with Crippen molar-refractivity contribution in [3.63, 3.8) is 0 Å². The first-order valence-electron chi connectivity index (χ1n) is 6.68. The molecule has 0 aromatic rings. The minimum atomic E-state index is -0.213. The lowest BCUT2D eigenvalue weighted by atomic mass is 10.0. The van der Waals surface area contributed by atoms with Crippen molar-refractivity contribution in [2.24, 2.45) is 5.92 Å². The van der Waals surface area contributed by atoms with Crippen LogP contribution in [0, 0.1) is 5.92 Å². The number of nitrogens with one attached hydrogen (secondary N) is 2. The van der Waals surface area contributed by atoms with Gasteiger partial charge < -0.3 is 15.5 Å². The SMILES string of the molecule is CC(C)CNC(=O)C(C)NC1CCC(=O)N(C)C1. The number of nitrogens with zero attached hydrogens (tertiary/aromatic N) is 1. The molecule has 1 saturated heterocycles. The molecule has 1 rings (SSSR count). The van der Waals surface area contributed by atoms with Crippen LogP contribution in [0.25, 0.3) is 0 Å². The standard InChI is InChI=1S/C13H25N3O2/c1-9(2)7-14-13(18)10(3)15-11-5-6-12(17)16(4)8-11/h9-11,15H,5-8H2,1-4H3,(H,14,18). The molecular formula is C13H25N3O2. The van der Waals surface area contributed by atoms with E-state index in [0.717, 1.165) is 6.42 Å². The molecule has 5 nitrogen and oxygen atoms in total. The molecule has 18 heavy (non-hydrogen) atoms. The predicted molar refractivity (Wildman–Crippen MR) is 71.1 cm³/mol. The van der Waals surface area contributed by atoms with Gasteiger partial charge in [-0.05, 0) is 19.3 Å².